The average Bonchev–Trinajstić information content (AvgIpc) is 3.00. The fourth-order valence-electron chi connectivity index (χ4n) is 2.74. The van der Waals surface area contributed by atoms with Crippen molar-refractivity contribution in [3.63, 3.8) is 0 Å². The van der Waals surface area contributed by atoms with Gasteiger partial charge in [-0.1, -0.05) is 13.8 Å². The molecule has 25 heavy (non-hydrogen) atoms. The molecule has 1 aliphatic rings. The van der Waals surface area contributed by atoms with Crippen LogP contribution in [0.5, 0.6) is 0 Å². The molecular formula is C18H26N2O4S. The number of esters is 1. The van der Waals surface area contributed by atoms with Crippen molar-refractivity contribution >= 4 is 29.1 Å². The van der Waals surface area contributed by atoms with Gasteiger partial charge in [-0.3, -0.25) is 9.59 Å². The van der Waals surface area contributed by atoms with Gasteiger partial charge in [0.05, 0.1) is 6.54 Å². The third kappa shape index (κ3) is 5.56. The molecule has 0 aromatic carbocycles. The molecule has 1 aromatic heterocycles. The summed E-state index contributed by atoms with van der Waals surface area (Å²) in [5, 5.41) is 2.70. The lowest BCUT2D eigenvalue weighted by molar-refractivity contribution is -0.137. The smallest absolute Gasteiger partial charge is 0.348 e. The van der Waals surface area contributed by atoms with Crippen molar-refractivity contribution in [1.29, 1.82) is 0 Å². The van der Waals surface area contributed by atoms with Gasteiger partial charge in [0.15, 0.2) is 6.61 Å². The highest BCUT2D eigenvalue weighted by Gasteiger charge is 2.22. The maximum atomic E-state index is 12.2. The minimum Gasteiger partial charge on any atom is -0.451 e. The van der Waals surface area contributed by atoms with Gasteiger partial charge in [0.1, 0.15) is 4.88 Å². The van der Waals surface area contributed by atoms with Gasteiger partial charge in [-0.25, -0.2) is 4.79 Å². The van der Waals surface area contributed by atoms with Crippen molar-refractivity contribution in [3.8, 4) is 0 Å². The highest BCUT2D eigenvalue weighted by atomic mass is 32.1. The Balaban J connectivity index is 1.81. The van der Waals surface area contributed by atoms with Gasteiger partial charge in [-0.2, -0.15) is 0 Å². The average molecular weight is 366 g/mol. The fourth-order valence-corrected chi connectivity index (χ4v) is 3.84. The molecule has 0 saturated heterocycles. The number of hydrogen-bond acceptors (Lipinski definition) is 5. The van der Waals surface area contributed by atoms with Crippen LogP contribution in [0.4, 0.5) is 0 Å². The minimum absolute atomic E-state index is 0.0401. The maximum absolute atomic E-state index is 12.2. The first-order chi connectivity index (χ1) is 11.9. The number of carbonyl (C=O) groups excluding carboxylic acids is 3. The molecule has 2 amide bonds. The molecule has 0 saturated carbocycles. The van der Waals surface area contributed by atoms with Gasteiger partial charge >= 0.3 is 5.97 Å². The van der Waals surface area contributed by atoms with Crippen LogP contribution in [0.15, 0.2) is 6.07 Å². The SMILES string of the molecule is CCCNC(=O)CN(C)C(=O)COC(=O)c1cc2c(s1)CC[C@H](C)C2. The van der Waals surface area contributed by atoms with E-state index >= 15 is 0 Å². The molecule has 1 N–H and O–H groups in total. The Hall–Kier alpha value is -1.89. The topological polar surface area (TPSA) is 75.7 Å². The van der Waals surface area contributed by atoms with E-state index in [-0.39, 0.29) is 19.1 Å². The zero-order chi connectivity index (χ0) is 18.4. The summed E-state index contributed by atoms with van der Waals surface area (Å²) in [4.78, 5) is 38.8. The molecule has 138 valence electrons. The van der Waals surface area contributed by atoms with Crippen LogP contribution < -0.4 is 5.32 Å². The lowest BCUT2D eigenvalue weighted by atomic mass is 9.90. The summed E-state index contributed by atoms with van der Waals surface area (Å²) in [6, 6.07) is 1.89. The van der Waals surface area contributed by atoms with E-state index in [2.05, 4.69) is 12.2 Å². The molecule has 6 nitrogen and oxygen atoms in total. The summed E-state index contributed by atoms with van der Waals surface area (Å²) in [6.45, 7) is 4.36. The van der Waals surface area contributed by atoms with E-state index in [0.29, 0.717) is 17.3 Å². The fraction of sp³-hybridized carbons (Fsp3) is 0.611. The summed E-state index contributed by atoms with van der Waals surface area (Å²) in [7, 11) is 1.52. The van der Waals surface area contributed by atoms with Gasteiger partial charge in [0.25, 0.3) is 5.91 Å². The summed E-state index contributed by atoms with van der Waals surface area (Å²) in [6.07, 6.45) is 3.98. The molecule has 1 aliphatic carbocycles. The number of nitrogens with one attached hydrogen (secondary N) is 1. The van der Waals surface area contributed by atoms with E-state index in [1.165, 1.54) is 33.7 Å². The Morgan fingerprint density at radius 1 is 1.40 bits per heavy atom. The highest BCUT2D eigenvalue weighted by Crippen LogP contribution is 2.32. The van der Waals surface area contributed by atoms with Gasteiger partial charge in [0.2, 0.25) is 5.91 Å². The van der Waals surface area contributed by atoms with E-state index in [4.69, 9.17) is 4.74 Å². The van der Waals surface area contributed by atoms with Crippen LogP contribution >= 0.6 is 11.3 Å². The quantitative estimate of drug-likeness (QED) is 0.749. The number of hydrogen-bond donors (Lipinski definition) is 1. The maximum Gasteiger partial charge on any atom is 0.348 e. The van der Waals surface area contributed by atoms with Crippen LogP contribution in [0.25, 0.3) is 0 Å². The van der Waals surface area contributed by atoms with Crippen molar-refractivity contribution < 1.29 is 19.1 Å². The number of rotatable bonds is 7. The first-order valence-electron chi connectivity index (χ1n) is 8.70. The molecule has 2 rings (SSSR count). The van der Waals surface area contributed by atoms with Crippen molar-refractivity contribution in [2.24, 2.45) is 5.92 Å². The summed E-state index contributed by atoms with van der Waals surface area (Å²) in [5.74, 6) is -0.441. The molecular weight excluding hydrogens is 340 g/mol. The third-order valence-electron chi connectivity index (χ3n) is 4.24. The van der Waals surface area contributed by atoms with Gasteiger partial charge < -0.3 is 15.0 Å². The molecule has 0 fully saturated rings. The van der Waals surface area contributed by atoms with Crippen LogP contribution in [0, 0.1) is 5.92 Å². The van der Waals surface area contributed by atoms with E-state index in [1.807, 2.05) is 13.0 Å². The lowest BCUT2D eigenvalue weighted by Crippen LogP contribution is -2.40. The monoisotopic (exact) mass is 366 g/mol. The first kappa shape index (κ1) is 19.4. The van der Waals surface area contributed by atoms with Crippen molar-refractivity contribution in [1.82, 2.24) is 10.2 Å². The summed E-state index contributed by atoms with van der Waals surface area (Å²) >= 11 is 1.46. The van der Waals surface area contributed by atoms with Crippen LogP contribution in [0.2, 0.25) is 0 Å². The van der Waals surface area contributed by atoms with Gasteiger partial charge in [-0.15, -0.1) is 11.3 Å². The summed E-state index contributed by atoms with van der Waals surface area (Å²) < 4.78 is 5.13. The number of carbonyl (C=O) groups is 3. The van der Waals surface area contributed by atoms with Crippen LogP contribution in [-0.4, -0.2) is 49.4 Å². The lowest BCUT2D eigenvalue weighted by Gasteiger charge is -2.16. The molecule has 0 spiro atoms. The zero-order valence-electron chi connectivity index (χ0n) is 15.1. The number of aryl methyl sites for hydroxylation is 1. The molecule has 7 heteroatoms. The molecule has 0 aliphatic heterocycles. The highest BCUT2D eigenvalue weighted by molar-refractivity contribution is 7.14. The largest absolute Gasteiger partial charge is 0.451 e. The second-order valence-corrected chi connectivity index (χ2v) is 7.72. The van der Waals surface area contributed by atoms with Crippen LogP contribution in [-0.2, 0) is 27.2 Å². The normalized spacial score (nSPS) is 16.0. The summed E-state index contributed by atoms with van der Waals surface area (Å²) in [5.41, 5.74) is 1.23. The van der Waals surface area contributed by atoms with E-state index < -0.39 is 11.9 Å². The van der Waals surface area contributed by atoms with E-state index in [9.17, 15) is 14.4 Å². The Kier molecular flexibility index (Phi) is 6.99. The number of nitrogens with zero attached hydrogens (tertiary/aromatic N) is 1. The molecule has 1 atom stereocenters. The Morgan fingerprint density at radius 2 is 2.16 bits per heavy atom. The Bertz CT molecular complexity index is 641. The number of likely N-dealkylation sites (N-methyl/N-ethyl adjacent to an activating group) is 1. The minimum atomic E-state index is -0.468. The third-order valence-corrected chi connectivity index (χ3v) is 5.45. The second-order valence-electron chi connectivity index (χ2n) is 6.58. The molecule has 1 aromatic rings. The number of ether oxygens (including phenoxy) is 1. The Labute approximate surface area is 152 Å². The van der Waals surface area contributed by atoms with Gasteiger partial charge in [-0.05, 0) is 43.2 Å². The van der Waals surface area contributed by atoms with Gasteiger partial charge in [0, 0.05) is 18.5 Å². The molecule has 1 heterocycles. The van der Waals surface area contributed by atoms with Crippen LogP contribution in [0.3, 0.4) is 0 Å². The van der Waals surface area contributed by atoms with Crippen molar-refractivity contribution in [2.45, 2.75) is 39.5 Å². The Morgan fingerprint density at radius 3 is 2.88 bits per heavy atom. The van der Waals surface area contributed by atoms with Crippen molar-refractivity contribution in [2.75, 3.05) is 26.7 Å². The molecule has 0 bridgehead atoms. The standard InChI is InChI=1S/C18H26N2O4S/c1-4-7-19-16(21)10-20(3)17(22)11-24-18(23)15-9-13-8-12(2)5-6-14(13)25-15/h9,12H,4-8,10-11H2,1-3H3,(H,19,21)/t12-/m0/s1. The molecule has 0 radical (unpaired) electrons. The molecule has 0 unspecified atom stereocenters. The first-order valence-corrected chi connectivity index (χ1v) is 9.51. The number of thiophene rings is 1. The van der Waals surface area contributed by atoms with E-state index in [1.54, 1.807) is 0 Å². The van der Waals surface area contributed by atoms with Crippen molar-refractivity contribution in [3.05, 3.63) is 21.4 Å². The zero-order valence-corrected chi connectivity index (χ0v) is 15.9. The predicted molar refractivity (Wildman–Crippen MR) is 96.7 cm³/mol. The number of fused-ring (bicyclic) bond motifs is 1. The second kappa shape index (κ2) is 8.99. The van der Waals surface area contributed by atoms with Crippen LogP contribution in [0.1, 0.15) is 46.8 Å². The van der Waals surface area contributed by atoms with E-state index in [0.717, 1.165) is 25.7 Å². The number of amides is 2. The predicted octanol–water partition coefficient (Wildman–Crippen LogP) is 2.01.